The summed E-state index contributed by atoms with van der Waals surface area (Å²) < 4.78 is 10.7. The van der Waals surface area contributed by atoms with Gasteiger partial charge in [0.25, 0.3) is 0 Å². The van der Waals surface area contributed by atoms with Crippen molar-refractivity contribution in [1.29, 1.82) is 0 Å². The molecule has 0 unspecified atom stereocenters. The molecule has 0 saturated carbocycles. The van der Waals surface area contributed by atoms with E-state index >= 15 is 0 Å². The third-order valence-electron chi connectivity index (χ3n) is 2.56. The van der Waals surface area contributed by atoms with Gasteiger partial charge in [0.15, 0.2) is 0 Å². The Labute approximate surface area is 118 Å². The van der Waals surface area contributed by atoms with Gasteiger partial charge >= 0.3 is 0 Å². The molecule has 0 amide bonds. The predicted octanol–water partition coefficient (Wildman–Crippen LogP) is 2.28. The van der Waals surface area contributed by atoms with Gasteiger partial charge in [0.2, 0.25) is 17.7 Å². The van der Waals surface area contributed by atoms with E-state index in [1.54, 1.807) is 25.6 Å². The summed E-state index contributed by atoms with van der Waals surface area (Å²) >= 11 is 0. The molecule has 0 aliphatic rings. The lowest BCUT2D eigenvalue weighted by molar-refractivity contribution is 0.305. The van der Waals surface area contributed by atoms with E-state index in [4.69, 9.17) is 9.47 Å². The Morgan fingerprint density at radius 2 is 2.10 bits per heavy atom. The van der Waals surface area contributed by atoms with Crippen LogP contribution >= 0.6 is 0 Å². The molecular formula is C14H18N4O2. The van der Waals surface area contributed by atoms with E-state index in [0.717, 1.165) is 12.0 Å². The van der Waals surface area contributed by atoms with Crippen LogP contribution in [0.25, 0.3) is 0 Å². The molecule has 6 heteroatoms. The molecule has 0 bridgehead atoms. The van der Waals surface area contributed by atoms with Crippen LogP contribution in [0.4, 0.5) is 5.95 Å². The number of nitrogens with one attached hydrogen (secondary N) is 1. The molecular weight excluding hydrogens is 256 g/mol. The second kappa shape index (κ2) is 7.28. The lowest BCUT2D eigenvalue weighted by atomic mass is 10.3. The van der Waals surface area contributed by atoms with Crippen LogP contribution in [0.3, 0.4) is 0 Å². The van der Waals surface area contributed by atoms with Crippen LogP contribution in [0.2, 0.25) is 0 Å². The number of hydrogen-bond donors (Lipinski definition) is 1. The zero-order valence-corrected chi connectivity index (χ0v) is 11.7. The summed E-state index contributed by atoms with van der Waals surface area (Å²) in [5.41, 5.74) is 0.943. The molecule has 106 valence electrons. The van der Waals surface area contributed by atoms with E-state index in [9.17, 15) is 0 Å². The zero-order valence-electron chi connectivity index (χ0n) is 11.7. The molecule has 0 spiro atoms. The number of aromatic nitrogens is 3. The van der Waals surface area contributed by atoms with Crippen molar-refractivity contribution >= 4 is 5.95 Å². The monoisotopic (exact) mass is 274 g/mol. The lowest BCUT2D eigenvalue weighted by Crippen LogP contribution is -2.06. The summed E-state index contributed by atoms with van der Waals surface area (Å²) in [4.78, 5) is 12.6. The third kappa shape index (κ3) is 3.81. The van der Waals surface area contributed by atoms with Crippen molar-refractivity contribution in [3.8, 4) is 11.8 Å². The predicted molar refractivity (Wildman–Crippen MR) is 75.9 cm³/mol. The van der Waals surface area contributed by atoms with E-state index in [-0.39, 0.29) is 0 Å². The number of rotatable bonds is 7. The van der Waals surface area contributed by atoms with Gasteiger partial charge in [-0.25, -0.2) is 9.97 Å². The maximum Gasteiger partial charge on any atom is 0.226 e. The van der Waals surface area contributed by atoms with Gasteiger partial charge in [-0.3, -0.25) is 0 Å². The fourth-order valence-electron chi connectivity index (χ4n) is 1.63. The summed E-state index contributed by atoms with van der Waals surface area (Å²) in [6, 6.07) is 5.54. The molecule has 0 aromatic carbocycles. The van der Waals surface area contributed by atoms with Crippen LogP contribution < -0.4 is 14.8 Å². The van der Waals surface area contributed by atoms with Gasteiger partial charge in [0.1, 0.15) is 0 Å². The molecule has 0 atom stereocenters. The van der Waals surface area contributed by atoms with Gasteiger partial charge in [-0.2, -0.15) is 4.98 Å². The van der Waals surface area contributed by atoms with Gasteiger partial charge in [-0.15, -0.1) is 0 Å². The number of nitrogens with zero attached hydrogens (tertiary/aromatic N) is 3. The first-order chi connectivity index (χ1) is 9.83. The fraction of sp³-hybridized carbons (Fsp3) is 0.357. The average Bonchev–Trinajstić information content (AvgIpc) is 2.51. The van der Waals surface area contributed by atoms with E-state index in [0.29, 0.717) is 30.9 Å². The Morgan fingerprint density at radius 3 is 2.90 bits per heavy atom. The maximum absolute atomic E-state index is 5.46. The Kier molecular flexibility index (Phi) is 5.11. The molecule has 0 aliphatic heterocycles. The first kappa shape index (κ1) is 14.0. The molecule has 6 nitrogen and oxygen atoms in total. The normalized spacial score (nSPS) is 10.1. The van der Waals surface area contributed by atoms with Crippen molar-refractivity contribution in [3.63, 3.8) is 0 Å². The van der Waals surface area contributed by atoms with Gasteiger partial charge in [-0.05, 0) is 12.5 Å². The van der Waals surface area contributed by atoms with Crippen molar-refractivity contribution < 1.29 is 9.47 Å². The molecule has 0 aliphatic carbocycles. The van der Waals surface area contributed by atoms with Gasteiger partial charge < -0.3 is 14.8 Å². The van der Waals surface area contributed by atoms with Crippen LogP contribution in [0.1, 0.15) is 18.9 Å². The summed E-state index contributed by atoms with van der Waals surface area (Å²) in [6.07, 6.45) is 4.30. The van der Waals surface area contributed by atoms with Crippen LogP contribution in [0, 0.1) is 0 Å². The van der Waals surface area contributed by atoms with E-state index in [1.807, 2.05) is 12.1 Å². The fourth-order valence-corrected chi connectivity index (χ4v) is 1.63. The van der Waals surface area contributed by atoms with Gasteiger partial charge in [0, 0.05) is 30.6 Å². The molecule has 0 radical (unpaired) electrons. The van der Waals surface area contributed by atoms with Gasteiger partial charge in [0.05, 0.1) is 13.7 Å². The van der Waals surface area contributed by atoms with E-state index in [2.05, 4.69) is 27.2 Å². The number of methoxy groups -OCH3 is 1. The highest BCUT2D eigenvalue weighted by Crippen LogP contribution is 2.15. The molecule has 2 aromatic rings. The molecule has 0 saturated heterocycles. The number of pyridine rings is 1. The van der Waals surface area contributed by atoms with Crippen molar-refractivity contribution in [2.75, 3.05) is 19.0 Å². The second-order valence-corrected chi connectivity index (χ2v) is 4.09. The van der Waals surface area contributed by atoms with Crippen LogP contribution in [0.15, 0.2) is 30.6 Å². The highest BCUT2D eigenvalue weighted by Gasteiger charge is 2.04. The number of anilines is 1. The van der Waals surface area contributed by atoms with Crippen LogP contribution in [-0.2, 0) is 6.54 Å². The average molecular weight is 274 g/mol. The van der Waals surface area contributed by atoms with Gasteiger partial charge in [-0.1, -0.05) is 13.0 Å². The zero-order chi connectivity index (χ0) is 14.2. The maximum atomic E-state index is 5.46. The second-order valence-electron chi connectivity index (χ2n) is 4.09. The Bertz CT molecular complexity index is 548. The van der Waals surface area contributed by atoms with Crippen molar-refractivity contribution in [2.45, 2.75) is 19.9 Å². The quantitative estimate of drug-likeness (QED) is 0.835. The minimum atomic E-state index is 0.518. The highest BCUT2D eigenvalue weighted by atomic mass is 16.5. The largest absolute Gasteiger partial charge is 0.481 e. The van der Waals surface area contributed by atoms with E-state index in [1.165, 1.54) is 0 Å². The first-order valence-electron chi connectivity index (χ1n) is 6.51. The van der Waals surface area contributed by atoms with E-state index < -0.39 is 0 Å². The topological polar surface area (TPSA) is 69.2 Å². The number of ether oxygens (including phenoxy) is 2. The van der Waals surface area contributed by atoms with Crippen LogP contribution in [-0.4, -0.2) is 28.7 Å². The summed E-state index contributed by atoms with van der Waals surface area (Å²) in [5.74, 6) is 1.69. The first-order valence-corrected chi connectivity index (χ1v) is 6.51. The minimum Gasteiger partial charge on any atom is -0.481 e. The molecule has 2 rings (SSSR count). The van der Waals surface area contributed by atoms with Crippen molar-refractivity contribution in [3.05, 3.63) is 36.2 Å². The standard InChI is InChI=1S/C14H18N4O2/c1-3-9-20-12-6-8-16-14(18-12)17-10-11-5-4-7-15-13(11)19-2/h4-8H,3,9-10H2,1-2H3,(H,16,17,18). The van der Waals surface area contributed by atoms with Crippen molar-refractivity contribution in [2.24, 2.45) is 0 Å². The highest BCUT2D eigenvalue weighted by molar-refractivity contribution is 5.33. The summed E-state index contributed by atoms with van der Waals surface area (Å²) in [6.45, 7) is 3.23. The van der Waals surface area contributed by atoms with Crippen molar-refractivity contribution in [1.82, 2.24) is 15.0 Å². The minimum absolute atomic E-state index is 0.518. The number of hydrogen-bond acceptors (Lipinski definition) is 6. The molecule has 2 heterocycles. The third-order valence-corrected chi connectivity index (χ3v) is 2.56. The molecule has 1 N–H and O–H groups in total. The summed E-state index contributed by atoms with van der Waals surface area (Å²) in [5, 5.41) is 3.13. The Hall–Kier alpha value is -2.37. The smallest absolute Gasteiger partial charge is 0.226 e. The molecule has 2 aromatic heterocycles. The molecule has 20 heavy (non-hydrogen) atoms. The molecule has 0 fully saturated rings. The SMILES string of the molecule is CCCOc1ccnc(NCc2cccnc2OC)n1. The Balaban J connectivity index is 1.99. The summed E-state index contributed by atoms with van der Waals surface area (Å²) in [7, 11) is 1.60. The van der Waals surface area contributed by atoms with Crippen LogP contribution in [0.5, 0.6) is 11.8 Å². The Morgan fingerprint density at radius 1 is 1.20 bits per heavy atom. The lowest BCUT2D eigenvalue weighted by Gasteiger charge is -2.09.